The predicted molar refractivity (Wildman–Crippen MR) is 76.1 cm³/mol. The van der Waals surface area contributed by atoms with E-state index in [0.717, 1.165) is 0 Å². The fourth-order valence-electron chi connectivity index (χ4n) is 2.14. The van der Waals surface area contributed by atoms with Gasteiger partial charge in [-0.1, -0.05) is 12.1 Å². The van der Waals surface area contributed by atoms with Gasteiger partial charge in [-0.25, -0.2) is 8.78 Å². The zero-order valence-corrected chi connectivity index (χ0v) is 11.5. The summed E-state index contributed by atoms with van der Waals surface area (Å²) in [6.07, 6.45) is -0.720. The Morgan fingerprint density at radius 3 is 2.45 bits per heavy atom. The lowest BCUT2D eigenvalue weighted by molar-refractivity contribution is 0.199. The zero-order valence-electron chi connectivity index (χ0n) is 11.5. The number of benzene rings is 2. The molecule has 106 valence electrons. The molecule has 20 heavy (non-hydrogen) atoms. The third-order valence-corrected chi connectivity index (χ3v) is 3.18. The first-order valence-electron chi connectivity index (χ1n) is 6.53. The van der Waals surface area contributed by atoms with Gasteiger partial charge < -0.3 is 10.0 Å². The molecular weight excluding hydrogens is 260 g/mol. The molecule has 0 aliphatic carbocycles. The van der Waals surface area contributed by atoms with E-state index in [9.17, 15) is 13.9 Å². The minimum Gasteiger partial charge on any atom is -0.389 e. The van der Waals surface area contributed by atoms with Crippen LogP contribution < -0.4 is 4.90 Å². The molecular formula is C16H17F2NO. The number of rotatable bonds is 4. The van der Waals surface area contributed by atoms with Crippen LogP contribution in [-0.2, 0) is 0 Å². The van der Waals surface area contributed by atoms with Gasteiger partial charge in [0.2, 0.25) is 0 Å². The number of nitrogens with zero attached hydrogens (tertiary/aromatic N) is 1. The molecule has 0 aliphatic rings. The molecule has 1 atom stereocenters. The minimum absolute atomic E-state index is 0.359. The molecule has 0 heterocycles. The fourth-order valence-corrected chi connectivity index (χ4v) is 2.14. The lowest BCUT2D eigenvalue weighted by atomic mass is 10.1. The summed E-state index contributed by atoms with van der Waals surface area (Å²) in [6.45, 7) is 3.96. The molecule has 2 nitrogen and oxygen atoms in total. The highest BCUT2D eigenvalue weighted by Gasteiger charge is 2.14. The number of hydrogen-bond donors (Lipinski definition) is 1. The van der Waals surface area contributed by atoms with Crippen LogP contribution in [0.3, 0.4) is 0 Å². The normalized spacial score (nSPS) is 12.2. The van der Waals surface area contributed by atoms with E-state index >= 15 is 0 Å². The van der Waals surface area contributed by atoms with Crippen molar-refractivity contribution in [2.45, 2.75) is 20.0 Å². The Bertz CT molecular complexity index is 599. The van der Waals surface area contributed by atoms with Crippen LogP contribution in [-0.4, -0.2) is 11.7 Å². The molecule has 0 unspecified atom stereocenters. The van der Waals surface area contributed by atoms with Crippen molar-refractivity contribution >= 4 is 11.4 Å². The molecule has 0 radical (unpaired) electrons. The molecule has 2 aromatic carbocycles. The topological polar surface area (TPSA) is 23.5 Å². The Hall–Kier alpha value is -1.94. The van der Waals surface area contributed by atoms with Gasteiger partial charge in [-0.15, -0.1) is 0 Å². The third kappa shape index (κ3) is 2.96. The van der Waals surface area contributed by atoms with E-state index in [4.69, 9.17) is 0 Å². The van der Waals surface area contributed by atoms with Crippen molar-refractivity contribution in [3.8, 4) is 0 Å². The summed E-state index contributed by atoms with van der Waals surface area (Å²) in [5.74, 6) is -0.795. The molecule has 0 spiro atoms. The number of aliphatic hydroxyl groups excluding tert-OH is 1. The fraction of sp³-hybridized carbons (Fsp3) is 0.250. The first-order valence-corrected chi connectivity index (χ1v) is 6.53. The average molecular weight is 277 g/mol. The smallest absolute Gasteiger partial charge is 0.147 e. The van der Waals surface area contributed by atoms with Crippen molar-refractivity contribution in [3.05, 3.63) is 59.7 Å². The highest BCUT2D eigenvalue weighted by atomic mass is 19.1. The molecule has 2 aromatic rings. The number of anilines is 2. The molecule has 4 heteroatoms. The third-order valence-electron chi connectivity index (χ3n) is 3.18. The predicted octanol–water partition coefficient (Wildman–Crippen LogP) is 4.18. The maximum absolute atomic E-state index is 14.2. The van der Waals surface area contributed by atoms with Crippen LogP contribution in [0.4, 0.5) is 20.2 Å². The van der Waals surface area contributed by atoms with Gasteiger partial charge in [0.15, 0.2) is 0 Å². The van der Waals surface area contributed by atoms with Gasteiger partial charge in [0, 0.05) is 12.2 Å². The maximum atomic E-state index is 14.2. The summed E-state index contributed by atoms with van der Waals surface area (Å²) in [5.41, 5.74) is 1.47. The van der Waals surface area contributed by atoms with Crippen LogP contribution in [0.1, 0.15) is 25.5 Å². The highest BCUT2D eigenvalue weighted by Crippen LogP contribution is 2.29. The molecule has 0 saturated carbocycles. The Kier molecular flexibility index (Phi) is 4.35. The lowest BCUT2D eigenvalue weighted by Crippen LogP contribution is -2.17. The van der Waals surface area contributed by atoms with Gasteiger partial charge >= 0.3 is 0 Å². The van der Waals surface area contributed by atoms with Gasteiger partial charge in [-0.2, -0.15) is 0 Å². The molecule has 0 aliphatic heterocycles. The van der Waals surface area contributed by atoms with Crippen molar-refractivity contribution in [2.75, 3.05) is 11.4 Å². The highest BCUT2D eigenvalue weighted by molar-refractivity contribution is 5.64. The van der Waals surface area contributed by atoms with Gasteiger partial charge in [0.25, 0.3) is 0 Å². The molecule has 0 saturated heterocycles. The summed E-state index contributed by atoms with van der Waals surface area (Å²) < 4.78 is 27.5. The van der Waals surface area contributed by atoms with Gasteiger partial charge in [0.1, 0.15) is 11.6 Å². The maximum Gasteiger partial charge on any atom is 0.147 e. The summed E-state index contributed by atoms with van der Waals surface area (Å²) in [6, 6.07) is 10.6. The van der Waals surface area contributed by atoms with Gasteiger partial charge in [-0.3, -0.25) is 0 Å². The zero-order chi connectivity index (χ0) is 14.7. The summed E-state index contributed by atoms with van der Waals surface area (Å²) in [5, 5.41) is 9.46. The van der Waals surface area contributed by atoms with Crippen LogP contribution in [0.2, 0.25) is 0 Å². The Morgan fingerprint density at radius 2 is 1.90 bits per heavy atom. The van der Waals surface area contributed by atoms with Gasteiger partial charge in [-0.05, 0) is 49.7 Å². The Labute approximate surface area is 117 Å². The van der Waals surface area contributed by atoms with E-state index in [0.29, 0.717) is 23.5 Å². The second-order valence-corrected chi connectivity index (χ2v) is 4.61. The first-order chi connectivity index (χ1) is 9.52. The molecule has 0 fully saturated rings. The van der Waals surface area contributed by atoms with Gasteiger partial charge in [0.05, 0.1) is 11.8 Å². The van der Waals surface area contributed by atoms with E-state index in [2.05, 4.69) is 0 Å². The lowest BCUT2D eigenvalue weighted by Gasteiger charge is -2.24. The van der Waals surface area contributed by atoms with Crippen molar-refractivity contribution < 1.29 is 13.9 Å². The molecule has 0 aromatic heterocycles. The SMILES string of the molecule is CCN(c1cccc(F)c1)c1ccc([C@H](C)O)cc1F. The first kappa shape index (κ1) is 14.5. The minimum atomic E-state index is -0.720. The van der Waals surface area contributed by atoms with Crippen molar-refractivity contribution in [3.63, 3.8) is 0 Å². The Morgan fingerprint density at radius 1 is 1.15 bits per heavy atom. The van der Waals surface area contributed by atoms with E-state index in [-0.39, 0.29) is 5.82 Å². The quantitative estimate of drug-likeness (QED) is 0.906. The summed E-state index contributed by atoms with van der Waals surface area (Å²) in [7, 11) is 0. The summed E-state index contributed by atoms with van der Waals surface area (Å²) in [4.78, 5) is 1.68. The molecule has 0 bridgehead atoms. The van der Waals surface area contributed by atoms with E-state index in [1.54, 1.807) is 36.1 Å². The van der Waals surface area contributed by atoms with Crippen molar-refractivity contribution in [2.24, 2.45) is 0 Å². The van der Waals surface area contributed by atoms with E-state index < -0.39 is 11.9 Å². The molecule has 0 amide bonds. The van der Waals surface area contributed by atoms with Crippen LogP contribution in [0.15, 0.2) is 42.5 Å². The summed E-state index contributed by atoms with van der Waals surface area (Å²) >= 11 is 0. The van der Waals surface area contributed by atoms with Crippen molar-refractivity contribution in [1.29, 1.82) is 0 Å². The number of halogens is 2. The van der Waals surface area contributed by atoms with Crippen molar-refractivity contribution in [1.82, 2.24) is 0 Å². The van der Waals surface area contributed by atoms with E-state index in [1.165, 1.54) is 18.2 Å². The molecule has 2 rings (SSSR count). The molecule has 1 N–H and O–H groups in total. The van der Waals surface area contributed by atoms with Crippen LogP contribution in [0, 0.1) is 11.6 Å². The van der Waals surface area contributed by atoms with Crippen LogP contribution in [0.5, 0.6) is 0 Å². The van der Waals surface area contributed by atoms with Crippen LogP contribution in [0.25, 0.3) is 0 Å². The Balaban J connectivity index is 2.42. The number of aliphatic hydroxyl groups is 1. The monoisotopic (exact) mass is 277 g/mol. The average Bonchev–Trinajstić information content (AvgIpc) is 2.41. The van der Waals surface area contributed by atoms with E-state index in [1.807, 2.05) is 6.92 Å². The standard InChI is InChI=1S/C16H17F2NO/c1-3-19(14-6-4-5-13(17)10-14)16-8-7-12(11(2)20)9-15(16)18/h4-11,20H,3H2,1-2H3/t11-/m0/s1. The van der Waals surface area contributed by atoms with Crippen LogP contribution >= 0.6 is 0 Å². The second kappa shape index (κ2) is 6.01. The largest absolute Gasteiger partial charge is 0.389 e. The second-order valence-electron chi connectivity index (χ2n) is 4.61. The number of hydrogen-bond acceptors (Lipinski definition) is 2.